The van der Waals surface area contributed by atoms with E-state index in [1.165, 1.54) is 38.5 Å². The number of piperidine rings is 1. The zero-order valence-corrected chi connectivity index (χ0v) is 15.0. The highest BCUT2D eigenvalue weighted by molar-refractivity contribution is 5.78. The Balaban J connectivity index is 1.48. The molecule has 24 heavy (non-hydrogen) atoms. The number of imidazole rings is 1. The van der Waals surface area contributed by atoms with Crippen molar-refractivity contribution in [2.75, 3.05) is 13.1 Å². The van der Waals surface area contributed by atoms with E-state index < -0.39 is 0 Å². The molecule has 0 radical (unpaired) electrons. The summed E-state index contributed by atoms with van der Waals surface area (Å²) in [6.07, 6.45) is 14.9. The number of aryl methyl sites for hydroxylation is 2. The largest absolute Gasteiger partial charge is 0.352 e. The first-order valence-corrected chi connectivity index (χ1v) is 9.73. The molecule has 0 spiro atoms. The van der Waals surface area contributed by atoms with E-state index in [0.717, 1.165) is 38.2 Å². The van der Waals surface area contributed by atoms with Gasteiger partial charge in [0.05, 0.1) is 6.54 Å². The third-order valence-electron chi connectivity index (χ3n) is 5.69. The van der Waals surface area contributed by atoms with Crippen molar-refractivity contribution in [1.82, 2.24) is 19.8 Å². The number of nitrogens with zero attached hydrogens (tertiary/aromatic N) is 3. The summed E-state index contributed by atoms with van der Waals surface area (Å²) in [4.78, 5) is 19.2. The lowest BCUT2D eigenvalue weighted by Crippen LogP contribution is -2.48. The molecule has 134 valence electrons. The average molecular weight is 332 g/mol. The Bertz CT molecular complexity index is 521. The summed E-state index contributed by atoms with van der Waals surface area (Å²) in [5, 5.41) is 3.27. The van der Waals surface area contributed by atoms with Crippen LogP contribution in [0, 0.1) is 6.92 Å². The lowest BCUT2D eigenvalue weighted by molar-refractivity contribution is -0.124. The minimum absolute atomic E-state index is 0.229. The molecule has 1 amide bonds. The molecule has 1 aliphatic heterocycles. The fourth-order valence-corrected chi connectivity index (χ4v) is 4.23. The fourth-order valence-electron chi connectivity index (χ4n) is 4.23. The first-order valence-electron chi connectivity index (χ1n) is 9.73. The van der Waals surface area contributed by atoms with Gasteiger partial charge in [0, 0.05) is 31.0 Å². The first kappa shape index (κ1) is 17.5. The van der Waals surface area contributed by atoms with Gasteiger partial charge < -0.3 is 9.88 Å². The SMILES string of the molecule is Cc1nccn1CC[C@@H]1CCCCN1CC(=O)NC1CCCCC1. The molecule has 1 aromatic heterocycles. The lowest BCUT2D eigenvalue weighted by atomic mass is 9.95. The summed E-state index contributed by atoms with van der Waals surface area (Å²) in [5.74, 6) is 1.31. The van der Waals surface area contributed by atoms with Crippen LogP contribution in [0.2, 0.25) is 0 Å². The predicted molar refractivity (Wildman–Crippen MR) is 95.8 cm³/mol. The third-order valence-corrected chi connectivity index (χ3v) is 5.69. The van der Waals surface area contributed by atoms with E-state index in [0.29, 0.717) is 18.6 Å². The summed E-state index contributed by atoms with van der Waals surface area (Å²) in [6, 6.07) is 0.945. The summed E-state index contributed by atoms with van der Waals surface area (Å²) < 4.78 is 2.22. The van der Waals surface area contributed by atoms with Crippen LogP contribution in [0.5, 0.6) is 0 Å². The Morgan fingerprint density at radius 1 is 1.21 bits per heavy atom. The lowest BCUT2D eigenvalue weighted by Gasteiger charge is -2.36. The van der Waals surface area contributed by atoms with Crippen LogP contribution in [0.1, 0.15) is 63.6 Å². The van der Waals surface area contributed by atoms with Gasteiger partial charge in [-0.25, -0.2) is 4.98 Å². The van der Waals surface area contributed by atoms with E-state index in [1.54, 1.807) is 0 Å². The van der Waals surface area contributed by atoms with Crippen LogP contribution in [-0.4, -0.2) is 45.5 Å². The minimum Gasteiger partial charge on any atom is -0.352 e. The van der Waals surface area contributed by atoms with E-state index in [4.69, 9.17) is 0 Å². The normalized spacial score (nSPS) is 23.3. The number of nitrogens with one attached hydrogen (secondary N) is 1. The van der Waals surface area contributed by atoms with Crippen molar-refractivity contribution < 1.29 is 4.79 Å². The molecule has 2 aliphatic rings. The van der Waals surface area contributed by atoms with Crippen molar-refractivity contribution in [3.8, 4) is 0 Å². The molecular weight excluding hydrogens is 300 g/mol. The van der Waals surface area contributed by atoms with Gasteiger partial charge in [0.1, 0.15) is 5.82 Å². The highest BCUT2D eigenvalue weighted by Gasteiger charge is 2.25. The smallest absolute Gasteiger partial charge is 0.234 e. The molecule has 5 heteroatoms. The van der Waals surface area contributed by atoms with E-state index in [1.807, 2.05) is 6.20 Å². The van der Waals surface area contributed by atoms with Crippen molar-refractivity contribution in [3.05, 3.63) is 18.2 Å². The Kier molecular flexibility index (Phi) is 6.30. The minimum atomic E-state index is 0.229. The molecule has 0 aromatic carbocycles. The van der Waals surface area contributed by atoms with Crippen molar-refractivity contribution in [1.29, 1.82) is 0 Å². The Morgan fingerprint density at radius 3 is 2.75 bits per heavy atom. The molecule has 2 heterocycles. The number of likely N-dealkylation sites (tertiary alicyclic amines) is 1. The zero-order valence-electron chi connectivity index (χ0n) is 15.0. The number of rotatable bonds is 6. The Hall–Kier alpha value is -1.36. The molecule has 1 N–H and O–H groups in total. The summed E-state index contributed by atoms with van der Waals surface area (Å²) in [6.45, 7) is 4.68. The molecule has 1 aromatic rings. The van der Waals surface area contributed by atoms with Crippen LogP contribution in [0.3, 0.4) is 0 Å². The van der Waals surface area contributed by atoms with Crippen LogP contribution in [0.25, 0.3) is 0 Å². The molecule has 0 unspecified atom stereocenters. The summed E-state index contributed by atoms with van der Waals surface area (Å²) in [5.41, 5.74) is 0. The third kappa shape index (κ3) is 4.82. The van der Waals surface area contributed by atoms with Gasteiger partial charge in [0.25, 0.3) is 0 Å². The van der Waals surface area contributed by atoms with Crippen LogP contribution < -0.4 is 5.32 Å². The van der Waals surface area contributed by atoms with Crippen LogP contribution in [0.4, 0.5) is 0 Å². The van der Waals surface area contributed by atoms with E-state index >= 15 is 0 Å². The molecule has 1 saturated carbocycles. The maximum absolute atomic E-state index is 12.4. The van der Waals surface area contributed by atoms with Gasteiger partial charge in [-0.05, 0) is 45.6 Å². The zero-order chi connectivity index (χ0) is 16.8. The van der Waals surface area contributed by atoms with E-state index in [-0.39, 0.29) is 5.91 Å². The number of amides is 1. The topological polar surface area (TPSA) is 50.2 Å². The van der Waals surface area contributed by atoms with Gasteiger partial charge in [0.2, 0.25) is 5.91 Å². The maximum atomic E-state index is 12.4. The molecule has 1 aliphatic carbocycles. The van der Waals surface area contributed by atoms with Crippen LogP contribution in [0.15, 0.2) is 12.4 Å². The average Bonchev–Trinajstić information content (AvgIpc) is 3.00. The quantitative estimate of drug-likeness (QED) is 0.871. The molecule has 3 rings (SSSR count). The summed E-state index contributed by atoms with van der Waals surface area (Å²) in [7, 11) is 0. The van der Waals surface area contributed by atoms with Gasteiger partial charge in [-0.15, -0.1) is 0 Å². The standard InChI is InChI=1S/C19H32N4O/c1-16-20-11-14-22(16)13-10-18-9-5-6-12-23(18)15-19(24)21-17-7-3-2-4-8-17/h11,14,17-18H,2-10,12-13,15H2,1H3,(H,21,24)/t18-/m0/s1. The number of aromatic nitrogens is 2. The Labute approximate surface area is 145 Å². The molecule has 2 fully saturated rings. The van der Waals surface area contributed by atoms with Crippen molar-refractivity contribution in [3.63, 3.8) is 0 Å². The molecular formula is C19H32N4O. The van der Waals surface area contributed by atoms with Gasteiger partial charge >= 0.3 is 0 Å². The molecule has 1 atom stereocenters. The first-order chi connectivity index (χ1) is 11.7. The van der Waals surface area contributed by atoms with Crippen LogP contribution in [-0.2, 0) is 11.3 Å². The van der Waals surface area contributed by atoms with Crippen LogP contribution >= 0.6 is 0 Å². The van der Waals surface area contributed by atoms with Gasteiger partial charge in [-0.3, -0.25) is 9.69 Å². The molecule has 0 bridgehead atoms. The number of hydrogen-bond donors (Lipinski definition) is 1. The number of carbonyl (C=O) groups excluding carboxylic acids is 1. The van der Waals surface area contributed by atoms with Crippen molar-refractivity contribution in [2.24, 2.45) is 0 Å². The van der Waals surface area contributed by atoms with Gasteiger partial charge in [-0.1, -0.05) is 25.7 Å². The second-order valence-corrected chi connectivity index (χ2v) is 7.48. The highest BCUT2D eigenvalue weighted by atomic mass is 16.2. The molecule has 1 saturated heterocycles. The second kappa shape index (κ2) is 8.65. The monoisotopic (exact) mass is 332 g/mol. The van der Waals surface area contributed by atoms with Gasteiger partial charge in [-0.2, -0.15) is 0 Å². The highest BCUT2D eigenvalue weighted by Crippen LogP contribution is 2.21. The second-order valence-electron chi connectivity index (χ2n) is 7.48. The number of carbonyl (C=O) groups is 1. The maximum Gasteiger partial charge on any atom is 0.234 e. The number of hydrogen-bond acceptors (Lipinski definition) is 3. The fraction of sp³-hybridized carbons (Fsp3) is 0.789. The van der Waals surface area contributed by atoms with Crippen molar-refractivity contribution >= 4 is 5.91 Å². The van der Waals surface area contributed by atoms with E-state index in [2.05, 4.69) is 32.9 Å². The van der Waals surface area contributed by atoms with E-state index in [9.17, 15) is 4.79 Å². The van der Waals surface area contributed by atoms with Gasteiger partial charge in [0.15, 0.2) is 0 Å². The molecule has 5 nitrogen and oxygen atoms in total. The Morgan fingerprint density at radius 2 is 2.00 bits per heavy atom. The summed E-state index contributed by atoms with van der Waals surface area (Å²) >= 11 is 0. The van der Waals surface area contributed by atoms with Crippen molar-refractivity contribution in [2.45, 2.75) is 83.3 Å². The predicted octanol–water partition coefficient (Wildman–Crippen LogP) is 2.89.